The number of piperazine rings is 1. The summed E-state index contributed by atoms with van der Waals surface area (Å²) in [7, 11) is 0. The van der Waals surface area contributed by atoms with E-state index in [9.17, 15) is 9.50 Å². The Morgan fingerprint density at radius 2 is 2.05 bits per heavy atom. The van der Waals surface area contributed by atoms with Gasteiger partial charge in [-0.25, -0.2) is 13.8 Å². The number of aromatic nitrogens is 3. The maximum atomic E-state index is 16.8. The summed E-state index contributed by atoms with van der Waals surface area (Å²) >= 11 is 6.60. The van der Waals surface area contributed by atoms with E-state index in [-0.39, 0.29) is 53.5 Å². The molecule has 0 spiro atoms. The van der Waals surface area contributed by atoms with Gasteiger partial charge in [0, 0.05) is 42.2 Å². The molecular weight excluding hydrogens is 578 g/mol. The molecule has 0 amide bonds. The molecule has 0 unspecified atom stereocenters. The van der Waals surface area contributed by atoms with Crippen LogP contribution < -0.4 is 19.7 Å². The molecule has 226 valence electrons. The number of anilines is 1. The Morgan fingerprint density at radius 1 is 1.16 bits per heavy atom. The number of hydrogen-bond acceptors (Lipinski definition) is 9. The predicted octanol–water partition coefficient (Wildman–Crippen LogP) is 4.72. The van der Waals surface area contributed by atoms with E-state index in [0.717, 1.165) is 50.6 Å². The van der Waals surface area contributed by atoms with Crippen LogP contribution in [0.15, 0.2) is 12.1 Å². The lowest BCUT2D eigenvalue weighted by atomic mass is 9.95. The Kier molecular flexibility index (Phi) is 5.82. The average Bonchev–Trinajstić information content (AvgIpc) is 3.56. The molecular formula is C31H33ClF2N6O3. The fraction of sp³-hybridized carbons (Fsp3) is 0.581. The van der Waals surface area contributed by atoms with Crippen LogP contribution in [0.5, 0.6) is 17.6 Å². The molecule has 1 aromatic carbocycles. The van der Waals surface area contributed by atoms with Gasteiger partial charge in [-0.05, 0) is 68.7 Å². The zero-order valence-electron chi connectivity index (χ0n) is 23.7. The smallest absolute Gasteiger partial charge is 0.319 e. The van der Waals surface area contributed by atoms with Crippen molar-refractivity contribution in [1.29, 1.82) is 0 Å². The van der Waals surface area contributed by atoms with Gasteiger partial charge in [0.15, 0.2) is 5.82 Å². The Morgan fingerprint density at radius 3 is 2.91 bits per heavy atom. The third-order valence-electron chi connectivity index (χ3n) is 10.5. The van der Waals surface area contributed by atoms with Gasteiger partial charge in [-0.2, -0.15) is 9.97 Å². The van der Waals surface area contributed by atoms with E-state index in [1.807, 2.05) is 0 Å². The van der Waals surface area contributed by atoms with Crippen LogP contribution in [-0.4, -0.2) is 87.6 Å². The zero-order chi connectivity index (χ0) is 29.0. The molecule has 2 N–H and O–H groups in total. The van der Waals surface area contributed by atoms with Crippen LogP contribution in [0.1, 0.15) is 56.4 Å². The summed E-state index contributed by atoms with van der Waals surface area (Å²) in [6.45, 7) is 2.56. The van der Waals surface area contributed by atoms with Crippen LogP contribution in [0.3, 0.4) is 0 Å². The topological polar surface area (TPSA) is 95.9 Å². The summed E-state index contributed by atoms with van der Waals surface area (Å²) in [6.07, 6.45) is 5.31. The van der Waals surface area contributed by atoms with Crippen LogP contribution in [0.4, 0.5) is 14.6 Å². The Hall–Kier alpha value is -3.02. The summed E-state index contributed by atoms with van der Waals surface area (Å²) < 4.78 is 44.0. The summed E-state index contributed by atoms with van der Waals surface area (Å²) in [6, 6.07) is 3.57. The number of hydrogen-bond donors (Lipinski definition) is 2. The van der Waals surface area contributed by atoms with Crippen molar-refractivity contribution in [2.45, 2.75) is 80.7 Å². The van der Waals surface area contributed by atoms with Gasteiger partial charge < -0.3 is 24.8 Å². The lowest BCUT2D eigenvalue weighted by Gasteiger charge is -2.40. The number of alkyl halides is 1. The minimum absolute atomic E-state index is 0.0197. The van der Waals surface area contributed by atoms with Gasteiger partial charge in [0.1, 0.15) is 47.5 Å². The summed E-state index contributed by atoms with van der Waals surface area (Å²) in [4.78, 5) is 18.7. The third kappa shape index (κ3) is 4.10. The Labute approximate surface area is 252 Å². The number of nitrogens with one attached hydrogen (secondary N) is 1. The molecule has 1 saturated carbocycles. The number of benzene rings is 1. The molecule has 1 aliphatic carbocycles. The molecule has 5 atom stereocenters. The lowest BCUT2D eigenvalue weighted by Crippen LogP contribution is -2.60. The van der Waals surface area contributed by atoms with Crippen molar-refractivity contribution in [3.8, 4) is 28.9 Å². The second kappa shape index (κ2) is 9.49. The molecule has 12 heteroatoms. The lowest BCUT2D eigenvalue weighted by molar-refractivity contribution is 0.107. The van der Waals surface area contributed by atoms with Crippen LogP contribution in [0.2, 0.25) is 5.02 Å². The minimum atomic E-state index is -0.885. The number of aromatic hydroxyl groups is 1. The first-order valence-electron chi connectivity index (χ1n) is 15.5. The first-order chi connectivity index (χ1) is 20.9. The summed E-state index contributed by atoms with van der Waals surface area (Å²) in [5.74, 6) is 0.292. The van der Waals surface area contributed by atoms with Gasteiger partial charge in [0.25, 0.3) is 0 Å². The zero-order valence-corrected chi connectivity index (χ0v) is 24.4. The van der Waals surface area contributed by atoms with Crippen LogP contribution >= 0.6 is 11.6 Å². The monoisotopic (exact) mass is 610 g/mol. The number of rotatable bonds is 5. The van der Waals surface area contributed by atoms with Crippen LogP contribution in [0, 0.1) is 5.82 Å². The highest BCUT2D eigenvalue weighted by atomic mass is 35.5. The molecule has 2 bridgehead atoms. The molecule has 0 radical (unpaired) electrons. The van der Waals surface area contributed by atoms with E-state index in [1.54, 1.807) is 0 Å². The number of halogens is 3. The number of phenols is 1. The van der Waals surface area contributed by atoms with Crippen molar-refractivity contribution in [2.24, 2.45) is 0 Å². The normalized spacial score (nSPS) is 31.2. The molecule has 5 fully saturated rings. The largest absolute Gasteiger partial charge is 0.508 e. The van der Waals surface area contributed by atoms with E-state index in [1.165, 1.54) is 12.1 Å². The first-order valence-corrected chi connectivity index (χ1v) is 15.9. The highest BCUT2D eigenvalue weighted by molar-refractivity contribution is 6.32. The standard InChI is InChI=1S/C31H33ClF2N6O3/c32-20-9-18(41)8-19(23(20)15-2-3-15)26-25(34)27-24-28(40-12-17-4-5-21(35-17)22(40)13-42-29(24)36-26)38-30(37-27)43-14-31-6-1-7-39(31)11-16(33)10-31/h8-9,15-17,21-22,35,41H,1-7,10-14H2/t16-,17-,21+,22-,31-/m0/s1. The van der Waals surface area contributed by atoms with E-state index >= 15 is 4.39 Å². The quantitative estimate of drug-likeness (QED) is 0.425. The van der Waals surface area contributed by atoms with Gasteiger partial charge in [-0.3, -0.25) is 4.90 Å². The van der Waals surface area contributed by atoms with Crippen LogP contribution in [-0.2, 0) is 0 Å². The van der Waals surface area contributed by atoms with Crippen molar-refractivity contribution in [3.05, 3.63) is 28.5 Å². The predicted molar refractivity (Wildman–Crippen MR) is 156 cm³/mol. The van der Waals surface area contributed by atoms with Crippen molar-refractivity contribution in [1.82, 2.24) is 25.2 Å². The number of phenolic OH excluding ortho intramolecular Hbond substituents is 1. The van der Waals surface area contributed by atoms with Crippen molar-refractivity contribution in [2.75, 3.05) is 37.7 Å². The summed E-state index contributed by atoms with van der Waals surface area (Å²) in [5, 5.41) is 15.0. The third-order valence-corrected chi connectivity index (χ3v) is 10.8. The van der Waals surface area contributed by atoms with E-state index in [0.29, 0.717) is 53.9 Å². The number of pyridine rings is 1. The van der Waals surface area contributed by atoms with Crippen molar-refractivity contribution >= 4 is 28.3 Å². The molecule has 3 aromatic rings. The van der Waals surface area contributed by atoms with E-state index < -0.39 is 17.5 Å². The first kappa shape index (κ1) is 26.4. The van der Waals surface area contributed by atoms with Gasteiger partial charge in [0.2, 0.25) is 5.88 Å². The maximum Gasteiger partial charge on any atom is 0.319 e. The van der Waals surface area contributed by atoms with Gasteiger partial charge in [-0.15, -0.1) is 0 Å². The van der Waals surface area contributed by atoms with Crippen LogP contribution in [0.25, 0.3) is 22.2 Å². The highest BCUT2D eigenvalue weighted by Gasteiger charge is 2.50. The van der Waals surface area contributed by atoms with E-state index in [2.05, 4.69) is 20.1 Å². The Balaban J connectivity index is 1.21. The van der Waals surface area contributed by atoms with E-state index in [4.69, 9.17) is 31.0 Å². The molecule has 43 heavy (non-hydrogen) atoms. The molecule has 2 aromatic heterocycles. The molecule has 9 nitrogen and oxygen atoms in total. The SMILES string of the molecule is Oc1cc(Cl)c(C2CC2)c(-c2nc3c4c(nc(OC[C@@]56CCCN5C[C@@H](F)C6)nc4c2F)N2C[C@@H]4CC[C@@H](N4)[C@@H]2CO3)c1. The van der Waals surface area contributed by atoms with Gasteiger partial charge in [0.05, 0.1) is 11.6 Å². The fourth-order valence-electron chi connectivity index (χ4n) is 8.39. The molecule has 5 aliphatic heterocycles. The second-order valence-corrected chi connectivity index (χ2v) is 13.6. The highest BCUT2D eigenvalue weighted by Crippen LogP contribution is 2.50. The average molecular weight is 611 g/mol. The summed E-state index contributed by atoms with van der Waals surface area (Å²) in [5.41, 5.74) is 0.920. The number of nitrogens with zero attached hydrogens (tertiary/aromatic N) is 5. The second-order valence-electron chi connectivity index (χ2n) is 13.2. The van der Waals surface area contributed by atoms with Gasteiger partial charge >= 0.3 is 6.01 Å². The molecule has 4 saturated heterocycles. The molecule has 6 aliphatic rings. The van der Waals surface area contributed by atoms with Crippen molar-refractivity contribution < 1.29 is 23.4 Å². The fourth-order valence-corrected chi connectivity index (χ4v) is 8.76. The van der Waals surface area contributed by atoms with Crippen molar-refractivity contribution in [3.63, 3.8) is 0 Å². The number of ether oxygens (including phenoxy) is 2. The molecule has 7 heterocycles. The molecule has 9 rings (SSSR count). The number of fused-ring (bicyclic) bond motifs is 6. The minimum Gasteiger partial charge on any atom is -0.508 e. The maximum absolute atomic E-state index is 16.8. The van der Waals surface area contributed by atoms with Gasteiger partial charge in [-0.1, -0.05) is 11.6 Å². The Bertz CT molecular complexity index is 1660.